The molecule has 0 spiro atoms. The Morgan fingerprint density at radius 1 is 1.11 bits per heavy atom. The third kappa shape index (κ3) is 3.24. The van der Waals surface area contributed by atoms with Crippen molar-refractivity contribution in [3.63, 3.8) is 0 Å². The highest BCUT2D eigenvalue weighted by molar-refractivity contribution is 5.47. The van der Waals surface area contributed by atoms with Gasteiger partial charge in [0.15, 0.2) is 0 Å². The van der Waals surface area contributed by atoms with Crippen LogP contribution in [-0.4, -0.2) is 32.8 Å². The van der Waals surface area contributed by atoms with Crippen LogP contribution in [0.15, 0.2) is 24.3 Å². The summed E-state index contributed by atoms with van der Waals surface area (Å²) in [6.07, 6.45) is 2.84. The third-order valence-corrected chi connectivity index (χ3v) is 3.77. The molecule has 98 valence electrons. The lowest BCUT2D eigenvalue weighted by Gasteiger charge is -2.28. The van der Waals surface area contributed by atoms with E-state index in [9.17, 15) is 0 Å². The Bertz CT molecular complexity index is 367. The summed E-state index contributed by atoms with van der Waals surface area (Å²) < 4.78 is 5.37. The molecule has 1 saturated heterocycles. The van der Waals surface area contributed by atoms with Gasteiger partial charge < -0.3 is 15.0 Å². The zero-order valence-electron chi connectivity index (χ0n) is 10.9. The van der Waals surface area contributed by atoms with Crippen molar-refractivity contribution in [2.45, 2.75) is 19.4 Å². The second kappa shape index (κ2) is 5.72. The third-order valence-electron chi connectivity index (χ3n) is 3.77. The first-order valence-electron chi connectivity index (χ1n) is 7.04. The van der Waals surface area contributed by atoms with Crippen LogP contribution < -0.4 is 10.2 Å². The topological polar surface area (TPSA) is 24.5 Å². The summed E-state index contributed by atoms with van der Waals surface area (Å²) in [7, 11) is 0. The molecule has 0 radical (unpaired) electrons. The summed E-state index contributed by atoms with van der Waals surface area (Å²) in [5.41, 5.74) is 2.71. The van der Waals surface area contributed by atoms with Crippen molar-refractivity contribution < 1.29 is 4.74 Å². The van der Waals surface area contributed by atoms with E-state index in [2.05, 4.69) is 34.5 Å². The molecule has 1 aromatic carbocycles. The van der Waals surface area contributed by atoms with E-state index in [0.29, 0.717) is 0 Å². The number of benzene rings is 1. The van der Waals surface area contributed by atoms with Gasteiger partial charge >= 0.3 is 0 Å². The molecule has 3 rings (SSSR count). The Kier molecular flexibility index (Phi) is 3.81. The molecule has 1 aliphatic carbocycles. The lowest BCUT2D eigenvalue weighted by Crippen LogP contribution is -2.36. The van der Waals surface area contributed by atoms with Gasteiger partial charge in [0.2, 0.25) is 0 Å². The zero-order valence-corrected chi connectivity index (χ0v) is 10.9. The number of morpholine rings is 1. The molecule has 1 aromatic rings. The highest BCUT2D eigenvalue weighted by atomic mass is 16.5. The first-order valence-corrected chi connectivity index (χ1v) is 7.04. The van der Waals surface area contributed by atoms with Crippen molar-refractivity contribution in [2.75, 3.05) is 37.7 Å². The minimum atomic E-state index is 0.852. The predicted molar refractivity (Wildman–Crippen MR) is 73.9 cm³/mol. The van der Waals surface area contributed by atoms with Gasteiger partial charge in [-0.15, -0.1) is 0 Å². The van der Waals surface area contributed by atoms with Crippen LogP contribution in [0.5, 0.6) is 0 Å². The van der Waals surface area contributed by atoms with E-state index in [1.54, 1.807) is 0 Å². The molecular weight excluding hydrogens is 224 g/mol. The van der Waals surface area contributed by atoms with Crippen LogP contribution in [0.2, 0.25) is 0 Å². The minimum absolute atomic E-state index is 0.852. The van der Waals surface area contributed by atoms with Gasteiger partial charge in [0.1, 0.15) is 0 Å². The SMILES string of the molecule is c1cc(N2CCOCC2)ccc1CNCC1CC1. The summed E-state index contributed by atoms with van der Waals surface area (Å²) in [5, 5.41) is 3.53. The highest BCUT2D eigenvalue weighted by Gasteiger charge is 2.20. The summed E-state index contributed by atoms with van der Waals surface area (Å²) in [4.78, 5) is 2.39. The number of hydrogen-bond donors (Lipinski definition) is 1. The van der Waals surface area contributed by atoms with E-state index in [4.69, 9.17) is 4.74 Å². The molecule has 0 unspecified atom stereocenters. The van der Waals surface area contributed by atoms with Crippen LogP contribution in [0, 0.1) is 5.92 Å². The fourth-order valence-electron chi connectivity index (χ4n) is 2.39. The number of hydrogen-bond acceptors (Lipinski definition) is 3. The van der Waals surface area contributed by atoms with Gasteiger partial charge in [0.25, 0.3) is 0 Å². The van der Waals surface area contributed by atoms with Crippen molar-refractivity contribution in [3.05, 3.63) is 29.8 Å². The molecule has 3 nitrogen and oxygen atoms in total. The molecule has 1 aliphatic heterocycles. The van der Waals surface area contributed by atoms with Crippen LogP contribution in [0.4, 0.5) is 5.69 Å². The summed E-state index contributed by atoms with van der Waals surface area (Å²) in [5.74, 6) is 0.956. The van der Waals surface area contributed by atoms with Crippen LogP contribution >= 0.6 is 0 Å². The molecule has 18 heavy (non-hydrogen) atoms. The summed E-state index contributed by atoms with van der Waals surface area (Å²) in [6, 6.07) is 8.95. The van der Waals surface area contributed by atoms with Gasteiger partial charge in [0, 0.05) is 25.3 Å². The molecule has 0 amide bonds. The van der Waals surface area contributed by atoms with Gasteiger partial charge in [-0.3, -0.25) is 0 Å². The lowest BCUT2D eigenvalue weighted by atomic mass is 10.2. The molecule has 0 aromatic heterocycles. The van der Waals surface area contributed by atoms with Gasteiger partial charge in [-0.2, -0.15) is 0 Å². The molecule has 2 fully saturated rings. The second-order valence-electron chi connectivity index (χ2n) is 5.34. The quantitative estimate of drug-likeness (QED) is 0.860. The molecule has 3 heteroatoms. The average molecular weight is 246 g/mol. The van der Waals surface area contributed by atoms with E-state index in [-0.39, 0.29) is 0 Å². The number of nitrogens with zero attached hydrogens (tertiary/aromatic N) is 1. The molecule has 1 N–H and O–H groups in total. The van der Waals surface area contributed by atoms with E-state index in [1.807, 2.05) is 0 Å². The maximum atomic E-state index is 5.37. The maximum Gasteiger partial charge on any atom is 0.0642 e. The summed E-state index contributed by atoms with van der Waals surface area (Å²) in [6.45, 7) is 5.92. The second-order valence-corrected chi connectivity index (χ2v) is 5.34. The van der Waals surface area contributed by atoms with Crippen LogP contribution in [0.25, 0.3) is 0 Å². The Morgan fingerprint density at radius 3 is 2.50 bits per heavy atom. The Balaban J connectivity index is 1.50. The normalized spacial score (nSPS) is 20.1. The number of nitrogens with one attached hydrogen (secondary N) is 1. The molecular formula is C15H22N2O. The van der Waals surface area contributed by atoms with Crippen molar-refractivity contribution in [1.82, 2.24) is 5.32 Å². The predicted octanol–water partition coefficient (Wildman–Crippen LogP) is 2.02. The smallest absolute Gasteiger partial charge is 0.0642 e. The first-order chi connectivity index (χ1) is 8.92. The number of ether oxygens (including phenoxy) is 1. The van der Waals surface area contributed by atoms with Crippen molar-refractivity contribution in [2.24, 2.45) is 5.92 Å². The minimum Gasteiger partial charge on any atom is -0.378 e. The van der Waals surface area contributed by atoms with E-state index >= 15 is 0 Å². The fourth-order valence-corrected chi connectivity index (χ4v) is 2.39. The standard InChI is InChI=1S/C15H22N2O/c1-2-13(1)11-16-12-14-3-5-15(6-4-14)17-7-9-18-10-8-17/h3-6,13,16H,1-2,7-12H2. The molecule has 0 bridgehead atoms. The van der Waals surface area contributed by atoms with E-state index < -0.39 is 0 Å². The van der Waals surface area contributed by atoms with Crippen molar-refractivity contribution in [1.29, 1.82) is 0 Å². The molecule has 2 aliphatic rings. The molecule has 1 heterocycles. The maximum absolute atomic E-state index is 5.37. The van der Waals surface area contributed by atoms with Crippen LogP contribution in [-0.2, 0) is 11.3 Å². The van der Waals surface area contributed by atoms with E-state index in [1.165, 1.54) is 30.6 Å². The van der Waals surface area contributed by atoms with Crippen LogP contribution in [0.3, 0.4) is 0 Å². The summed E-state index contributed by atoms with van der Waals surface area (Å²) >= 11 is 0. The Morgan fingerprint density at radius 2 is 1.83 bits per heavy atom. The largest absolute Gasteiger partial charge is 0.378 e. The molecule has 1 saturated carbocycles. The van der Waals surface area contributed by atoms with Crippen molar-refractivity contribution >= 4 is 5.69 Å². The zero-order chi connectivity index (χ0) is 12.2. The van der Waals surface area contributed by atoms with Gasteiger partial charge in [-0.05, 0) is 43.0 Å². The molecule has 0 atom stereocenters. The Labute approximate surface area is 109 Å². The van der Waals surface area contributed by atoms with Gasteiger partial charge in [-0.25, -0.2) is 0 Å². The van der Waals surface area contributed by atoms with Gasteiger partial charge in [-0.1, -0.05) is 12.1 Å². The van der Waals surface area contributed by atoms with Crippen LogP contribution in [0.1, 0.15) is 18.4 Å². The lowest BCUT2D eigenvalue weighted by molar-refractivity contribution is 0.122. The first kappa shape index (κ1) is 12.0. The van der Waals surface area contributed by atoms with Crippen molar-refractivity contribution in [3.8, 4) is 0 Å². The van der Waals surface area contributed by atoms with Gasteiger partial charge in [0.05, 0.1) is 13.2 Å². The van der Waals surface area contributed by atoms with E-state index in [0.717, 1.165) is 38.8 Å². The Hall–Kier alpha value is -1.06. The number of rotatable bonds is 5. The fraction of sp³-hybridized carbons (Fsp3) is 0.600. The average Bonchev–Trinajstić information content (AvgIpc) is 3.25. The monoisotopic (exact) mass is 246 g/mol. The number of anilines is 1. The highest BCUT2D eigenvalue weighted by Crippen LogP contribution is 2.27.